The number of halogens is 1. The molecule has 2 fully saturated rings. The van der Waals surface area contributed by atoms with Gasteiger partial charge in [0.05, 0.1) is 12.1 Å². The first kappa shape index (κ1) is 16.7. The van der Waals surface area contributed by atoms with Crippen molar-refractivity contribution in [2.75, 3.05) is 13.1 Å². The molecule has 0 saturated carbocycles. The summed E-state index contributed by atoms with van der Waals surface area (Å²) in [6.45, 7) is 3.48. The third-order valence-electron chi connectivity index (χ3n) is 4.27. The Morgan fingerprint density at radius 1 is 1.43 bits per heavy atom. The quantitative estimate of drug-likeness (QED) is 0.927. The van der Waals surface area contributed by atoms with Crippen molar-refractivity contribution in [2.45, 2.75) is 50.9 Å². The highest BCUT2D eigenvalue weighted by Gasteiger charge is 2.38. The lowest BCUT2D eigenvalue weighted by Crippen LogP contribution is -2.39. The molecule has 3 atom stereocenters. The van der Waals surface area contributed by atoms with Gasteiger partial charge < -0.3 is 15.4 Å². The van der Waals surface area contributed by atoms with Crippen molar-refractivity contribution in [1.29, 1.82) is 0 Å². The lowest BCUT2D eigenvalue weighted by molar-refractivity contribution is -0.143. The van der Waals surface area contributed by atoms with Crippen LogP contribution in [0.5, 0.6) is 0 Å². The largest absolute Gasteiger partial charge is 0.364 e. The van der Waals surface area contributed by atoms with Crippen molar-refractivity contribution in [2.24, 2.45) is 5.73 Å². The van der Waals surface area contributed by atoms with Gasteiger partial charge in [0, 0.05) is 22.8 Å². The van der Waals surface area contributed by atoms with E-state index < -0.39 is 0 Å². The van der Waals surface area contributed by atoms with Gasteiger partial charge in [-0.05, 0) is 44.7 Å². The lowest BCUT2D eigenvalue weighted by atomic mass is 10.1. The molecule has 1 aromatic heterocycles. The third-order valence-corrected chi connectivity index (χ3v) is 5.37. The van der Waals surface area contributed by atoms with Crippen molar-refractivity contribution in [3.63, 3.8) is 0 Å². The molecular formula is C15H23ClN2O2S. The highest BCUT2D eigenvalue weighted by atomic mass is 35.5. The van der Waals surface area contributed by atoms with E-state index in [4.69, 9.17) is 10.5 Å². The Hall–Kier alpha value is -0.620. The number of nitrogens with two attached hydrogens (primary N) is 1. The Kier molecular flexibility index (Phi) is 5.66. The molecule has 21 heavy (non-hydrogen) atoms. The third kappa shape index (κ3) is 3.42. The second-order valence-corrected chi connectivity index (χ2v) is 7.02. The highest BCUT2D eigenvalue weighted by Crippen LogP contribution is 2.37. The smallest absolute Gasteiger partial charge is 0.252 e. The van der Waals surface area contributed by atoms with E-state index >= 15 is 0 Å². The number of nitrogens with zero attached hydrogens (tertiary/aromatic N) is 1. The van der Waals surface area contributed by atoms with Crippen LogP contribution in [-0.4, -0.2) is 36.1 Å². The average Bonchev–Trinajstić information content (AvgIpc) is 3.17. The molecule has 3 rings (SSSR count). The average molecular weight is 331 g/mol. The van der Waals surface area contributed by atoms with Gasteiger partial charge in [-0.25, -0.2) is 0 Å². The van der Waals surface area contributed by atoms with Crippen molar-refractivity contribution in [3.8, 4) is 0 Å². The molecule has 0 aliphatic carbocycles. The molecule has 2 saturated heterocycles. The molecule has 1 amide bonds. The van der Waals surface area contributed by atoms with E-state index in [1.54, 1.807) is 11.3 Å². The summed E-state index contributed by atoms with van der Waals surface area (Å²) in [6.07, 6.45) is 3.66. The highest BCUT2D eigenvalue weighted by molar-refractivity contribution is 7.12. The number of rotatable bonds is 3. The summed E-state index contributed by atoms with van der Waals surface area (Å²) in [5.74, 6) is 0.162. The molecule has 2 aliphatic heterocycles. The van der Waals surface area contributed by atoms with E-state index in [2.05, 4.69) is 19.1 Å². The molecule has 6 heteroatoms. The van der Waals surface area contributed by atoms with E-state index in [0.717, 1.165) is 32.2 Å². The predicted molar refractivity (Wildman–Crippen MR) is 86.9 cm³/mol. The maximum absolute atomic E-state index is 12.7. The molecule has 118 valence electrons. The zero-order valence-corrected chi connectivity index (χ0v) is 13.9. The minimum absolute atomic E-state index is 0. The molecule has 2 N–H and O–H groups in total. The number of hydrogen-bond donors (Lipinski definition) is 1. The van der Waals surface area contributed by atoms with Gasteiger partial charge in [-0.2, -0.15) is 0 Å². The van der Waals surface area contributed by atoms with Crippen molar-refractivity contribution in [1.82, 2.24) is 4.90 Å². The number of likely N-dealkylation sites (tertiary alicyclic amines) is 1. The van der Waals surface area contributed by atoms with E-state index in [1.165, 1.54) is 9.75 Å². The van der Waals surface area contributed by atoms with Gasteiger partial charge in [0.15, 0.2) is 0 Å². The molecule has 0 bridgehead atoms. The van der Waals surface area contributed by atoms with E-state index in [1.807, 2.05) is 4.90 Å². The Bertz CT molecular complexity index is 494. The first-order valence-corrected chi connectivity index (χ1v) is 8.23. The fourth-order valence-electron chi connectivity index (χ4n) is 3.20. The monoisotopic (exact) mass is 330 g/mol. The first-order chi connectivity index (χ1) is 9.69. The summed E-state index contributed by atoms with van der Waals surface area (Å²) >= 11 is 1.80. The van der Waals surface area contributed by atoms with Crippen LogP contribution in [0.2, 0.25) is 0 Å². The fourth-order valence-corrected chi connectivity index (χ4v) is 4.23. The van der Waals surface area contributed by atoms with Gasteiger partial charge in [0.1, 0.15) is 6.10 Å². The summed E-state index contributed by atoms with van der Waals surface area (Å²) in [5.41, 5.74) is 5.62. The fraction of sp³-hybridized carbons (Fsp3) is 0.667. The predicted octanol–water partition coefficient (Wildman–Crippen LogP) is 2.65. The maximum atomic E-state index is 12.7. The van der Waals surface area contributed by atoms with Crippen LogP contribution < -0.4 is 5.73 Å². The number of hydrogen-bond acceptors (Lipinski definition) is 4. The van der Waals surface area contributed by atoms with Gasteiger partial charge >= 0.3 is 0 Å². The summed E-state index contributed by atoms with van der Waals surface area (Å²) in [4.78, 5) is 17.3. The van der Waals surface area contributed by atoms with Crippen LogP contribution in [0.4, 0.5) is 0 Å². The van der Waals surface area contributed by atoms with Crippen LogP contribution in [0.1, 0.15) is 41.5 Å². The number of amides is 1. The van der Waals surface area contributed by atoms with Gasteiger partial charge in [-0.1, -0.05) is 0 Å². The van der Waals surface area contributed by atoms with Crippen LogP contribution in [0.3, 0.4) is 0 Å². The Morgan fingerprint density at radius 3 is 2.86 bits per heavy atom. The van der Waals surface area contributed by atoms with Gasteiger partial charge in [-0.3, -0.25) is 4.79 Å². The van der Waals surface area contributed by atoms with Crippen LogP contribution in [0.25, 0.3) is 0 Å². The van der Waals surface area contributed by atoms with Gasteiger partial charge in [0.25, 0.3) is 5.91 Å². The second kappa shape index (κ2) is 7.09. The maximum Gasteiger partial charge on any atom is 0.252 e. The zero-order valence-electron chi connectivity index (χ0n) is 12.3. The Labute approximate surface area is 136 Å². The molecule has 1 unspecified atom stereocenters. The normalized spacial score (nSPS) is 28.7. The van der Waals surface area contributed by atoms with E-state index in [9.17, 15) is 4.79 Å². The number of ether oxygens (including phenoxy) is 1. The minimum atomic E-state index is -0.273. The van der Waals surface area contributed by atoms with Crippen LogP contribution in [-0.2, 0) is 9.53 Å². The summed E-state index contributed by atoms with van der Waals surface area (Å²) in [5, 5.41) is 0. The SMILES string of the molecule is Cc1ccc(C2CCCN2C(=O)[C@@H]2CC[C@H](CN)O2)s1.Cl. The second-order valence-electron chi connectivity index (χ2n) is 5.70. The Balaban J connectivity index is 0.00000161. The van der Waals surface area contributed by atoms with E-state index in [0.29, 0.717) is 6.54 Å². The number of aryl methyl sites for hydroxylation is 1. The summed E-state index contributed by atoms with van der Waals surface area (Å²) in [7, 11) is 0. The van der Waals surface area contributed by atoms with E-state index in [-0.39, 0.29) is 36.6 Å². The van der Waals surface area contributed by atoms with Crippen molar-refractivity contribution in [3.05, 3.63) is 21.9 Å². The molecule has 0 aromatic carbocycles. The number of carbonyl (C=O) groups is 1. The molecule has 0 radical (unpaired) electrons. The topological polar surface area (TPSA) is 55.6 Å². The first-order valence-electron chi connectivity index (χ1n) is 7.41. The Morgan fingerprint density at radius 2 is 2.24 bits per heavy atom. The standard InChI is InChI=1S/C15H22N2O2S.ClH/c1-10-4-7-14(20-10)12-3-2-8-17(12)15(18)13-6-5-11(9-16)19-13;/h4,7,11-13H,2-3,5-6,8-9,16H2,1H3;1H/t11-,12?,13+;/m1./s1. The summed E-state index contributed by atoms with van der Waals surface area (Å²) in [6, 6.07) is 4.55. The molecule has 4 nitrogen and oxygen atoms in total. The number of thiophene rings is 1. The van der Waals surface area contributed by atoms with Crippen LogP contribution in [0.15, 0.2) is 12.1 Å². The van der Waals surface area contributed by atoms with Gasteiger partial charge in [0.2, 0.25) is 0 Å². The zero-order chi connectivity index (χ0) is 14.1. The minimum Gasteiger partial charge on any atom is -0.364 e. The van der Waals surface area contributed by atoms with Crippen LogP contribution in [0, 0.1) is 6.92 Å². The molecule has 1 aromatic rings. The van der Waals surface area contributed by atoms with Crippen molar-refractivity contribution >= 4 is 29.7 Å². The van der Waals surface area contributed by atoms with Crippen molar-refractivity contribution < 1.29 is 9.53 Å². The summed E-state index contributed by atoms with van der Waals surface area (Å²) < 4.78 is 5.76. The molecule has 0 spiro atoms. The van der Waals surface area contributed by atoms with Crippen LogP contribution >= 0.6 is 23.7 Å². The lowest BCUT2D eigenvalue weighted by Gasteiger charge is -2.26. The number of carbonyl (C=O) groups excluding carboxylic acids is 1. The molecule has 2 aliphatic rings. The molecular weight excluding hydrogens is 308 g/mol. The van der Waals surface area contributed by atoms with Gasteiger partial charge in [-0.15, -0.1) is 23.7 Å². The molecule has 3 heterocycles.